The van der Waals surface area contributed by atoms with Gasteiger partial charge in [-0.15, -0.1) is 0 Å². The number of ether oxygens (including phenoxy) is 2. The number of carbonyl (C=O) groups excluding carboxylic acids is 1. The highest BCUT2D eigenvalue weighted by Gasteiger charge is 2.09. The Morgan fingerprint density at radius 1 is 1.24 bits per heavy atom. The summed E-state index contributed by atoms with van der Waals surface area (Å²) in [7, 11) is 1.54. The second-order valence-electron chi connectivity index (χ2n) is 4.83. The van der Waals surface area contributed by atoms with Gasteiger partial charge in [0.2, 0.25) is 0 Å². The number of hydrazone groups is 1. The molecule has 2 aromatic carbocycles. The molecule has 0 unspecified atom stereocenters. The van der Waals surface area contributed by atoms with Gasteiger partial charge in [0.05, 0.1) is 23.9 Å². The van der Waals surface area contributed by atoms with Crippen molar-refractivity contribution in [3.8, 4) is 11.5 Å². The average molecular weight is 379 g/mol. The molecule has 25 heavy (non-hydrogen) atoms. The van der Waals surface area contributed by atoms with Gasteiger partial charge in [-0.2, -0.15) is 5.10 Å². The Morgan fingerprint density at radius 2 is 2.04 bits per heavy atom. The van der Waals surface area contributed by atoms with Crippen molar-refractivity contribution in [2.75, 3.05) is 13.7 Å². The van der Waals surface area contributed by atoms with Crippen LogP contribution in [0.1, 0.15) is 15.9 Å². The summed E-state index contributed by atoms with van der Waals surface area (Å²) in [5.74, 6) is 0.713. The highest BCUT2D eigenvalue weighted by molar-refractivity contribution is 6.36. The van der Waals surface area contributed by atoms with Gasteiger partial charge in [0.1, 0.15) is 6.61 Å². The minimum absolute atomic E-state index is 0.255. The largest absolute Gasteiger partial charge is 0.493 e. The smallest absolute Gasteiger partial charge is 0.272 e. The van der Waals surface area contributed by atoms with Crippen molar-refractivity contribution in [1.82, 2.24) is 5.43 Å². The fourth-order valence-electron chi connectivity index (χ4n) is 1.93. The van der Waals surface area contributed by atoms with E-state index in [0.29, 0.717) is 23.1 Å². The summed E-state index contributed by atoms with van der Waals surface area (Å²) in [4.78, 5) is 12.1. The van der Waals surface area contributed by atoms with Gasteiger partial charge in [-0.3, -0.25) is 4.79 Å². The fraction of sp³-hybridized carbons (Fsp3) is 0.111. The Morgan fingerprint density at radius 3 is 2.72 bits per heavy atom. The molecule has 0 atom stereocenters. The molecular weight excluding hydrogens is 363 g/mol. The van der Waals surface area contributed by atoms with E-state index in [9.17, 15) is 4.79 Å². The Bertz CT molecular complexity index is 807. The minimum atomic E-state index is -0.434. The van der Waals surface area contributed by atoms with Crippen LogP contribution in [0.5, 0.6) is 11.5 Å². The van der Waals surface area contributed by atoms with Gasteiger partial charge in [0.15, 0.2) is 11.5 Å². The van der Waals surface area contributed by atoms with Gasteiger partial charge in [0.25, 0.3) is 5.91 Å². The number of hydrogen-bond acceptors (Lipinski definition) is 4. The molecule has 0 aliphatic heterocycles. The number of nitrogens with zero attached hydrogens (tertiary/aromatic N) is 1. The number of halogens is 2. The number of benzene rings is 2. The van der Waals surface area contributed by atoms with Crippen LogP contribution in [0, 0.1) is 0 Å². The van der Waals surface area contributed by atoms with Gasteiger partial charge < -0.3 is 9.47 Å². The SMILES string of the molecule is C=CCOc1ccc(C=NNC(=O)c2ccc(Cl)cc2Cl)cc1OC. The molecule has 0 saturated carbocycles. The summed E-state index contributed by atoms with van der Waals surface area (Å²) in [5, 5.41) is 4.63. The normalized spacial score (nSPS) is 10.5. The molecule has 2 rings (SSSR count). The molecule has 7 heteroatoms. The second kappa shape index (κ2) is 9.11. The number of rotatable bonds is 7. The summed E-state index contributed by atoms with van der Waals surface area (Å²) in [6.07, 6.45) is 3.13. The van der Waals surface area contributed by atoms with Crippen LogP contribution in [0.3, 0.4) is 0 Å². The van der Waals surface area contributed by atoms with E-state index < -0.39 is 5.91 Å². The van der Waals surface area contributed by atoms with E-state index in [0.717, 1.165) is 5.56 Å². The van der Waals surface area contributed by atoms with Crippen molar-refractivity contribution in [3.63, 3.8) is 0 Å². The summed E-state index contributed by atoms with van der Waals surface area (Å²) in [6.45, 7) is 3.97. The first kappa shape index (κ1) is 18.8. The second-order valence-corrected chi connectivity index (χ2v) is 5.68. The molecule has 0 radical (unpaired) electrons. The minimum Gasteiger partial charge on any atom is -0.493 e. The van der Waals surface area contributed by atoms with E-state index >= 15 is 0 Å². The van der Waals surface area contributed by atoms with Crippen molar-refractivity contribution in [3.05, 3.63) is 70.2 Å². The maximum Gasteiger partial charge on any atom is 0.272 e. The quantitative estimate of drug-likeness (QED) is 0.443. The van der Waals surface area contributed by atoms with Crippen LogP contribution in [0.15, 0.2) is 54.2 Å². The zero-order chi connectivity index (χ0) is 18.2. The molecule has 130 valence electrons. The Hall–Kier alpha value is -2.50. The van der Waals surface area contributed by atoms with Crippen molar-refractivity contribution in [2.24, 2.45) is 5.10 Å². The Kier molecular flexibility index (Phi) is 6.86. The van der Waals surface area contributed by atoms with Crippen LogP contribution in [0.2, 0.25) is 10.0 Å². The summed E-state index contributed by atoms with van der Waals surface area (Å²) >= 11 is 11.8. The van der Waals surface area contributed by atoms with Crippen LogP contribution in [-0.2, 0) is 0 Å². The molecule has 0 aliphatic carbocycles. The maximum absolute atomic E-state index is 12.1. The molecule has 5 nitrogen and oxygen atoms in total. The first-order valence-electron chi connectivity index (χ1n) is 7.25. The van der Waals surface area contributed by atoms with E-state index in [1.165, 1.54) is 18.3 Å². The highest BCUT2D eigenvalue weighted by atomic mass is 35.5. The molecule has 1 amide bonds. The molecule has 0 aromatic heterocycles. The van der Waals surface area contributed by atoms with Gasteiger partial charge in [0, 0.05) is 5.02 Å². The van der Waals surface area contributed by atoms with Gasteiger partial charge >= 0.3 is 0 Å². The number of methoxy groups -OCH3 is 1. The third-order valence-corrected chi connectivity index (χ3v) is 3.65. The monoisotopic (exact) mass is 378 g/mol. The topological polar surface area (TPSA) is 59.9 Å². The molecule has 1 N–H and O–H groups in total. The predicted molar refractivity (Wildman–Crippen MR) is 100 cm³/mol. The van der Waals surface area contributed by atoms with Gasteiger partial charge in [-0.25, -0.2) is 5.43 Å². The zero-order valence-electron chi connectivity index (χ0n) is 13.5. The lowest BCUT2D eigenvalue weighted by Gasteiger charge is -2.09. The third kappa shape index (κ3) is 5.24. The van der Waals surface area contributed by atoms with Gasteiger partial charge in [-0.05, 0) is 42.0 Å². The number of carbonyl (C=O) groups is 1. The average Bonchev–Trinajstić information content (AvgIpc) is 2.60. The number of hydrogen-bond donors (Lipinski definition) is 1. The van der Waals surface area contributed by atoms with E-state index in [1.807, 2.05) is 0 Å². The Labute approximate surface area is 155 Å². The lowest BCUT2D eigenvalue weighted by Crippen LogP contribution is -2.18. The molecule has 0 bridgehead atoms. The molecule has 0 fully saturated rings. The van der Waals surface area contributed by atoms with Crippen molar-refractivity contribution in [1.29, 1.82) is 0 Å². The predicted octanol–water partition coefficient (Wildman–Crippen LogP) is 4.33. The summed E-state index contributed by atoms with van der Waals surface area (Å²) in [6, 6.07) is 9.88. The summed E-state index contributed by atoms with van der Waals surface area (Å²) in [5.41, 5.74) is 3.42. The maximum atomic E-state index is 12.1. The lowest BCUT2D eigenvalue weighted by molar-refractivity contribution is 0.0955. The first-order chi connectivity index (χ1) is 12.0. The first-order valence-corrected chi connectivity index (χ1v) is 8.01. The molecule has 0 spiro atoms. The van der Waals surface area contributed by atoms with E-state index in [1.54, 1.807) is 37.5 Å². The van der Waals surface area contributed by atoms with Gasteiger partial charge in [-0.1, -0.05) is 35.9 Å². The molecule has 0 aliphatic rings. The molecule has 0 saturated heterocycles. The number of nitrogens with one attached hydrogen (secondary N) is 1. The van der Waals surface area contributed by atoms with Crippen LogP contribution in [-0.4, -0.2) is 25.8 Å². The zero-order valence-corrected chi connectivity index (χ0v) is 15.0. The molecule has 0 heterocycles. The lowest BCUT2D eigenvalue weighted by atomic mass is 10.2. The van der Waals surface area contributed by atoms with E-state index in [-0.39, 0.29) is 10.6 Å². The highest BCUT2D eigenvalue weighted by Crippen LogP contribution is 2.27. The number of amides is 1. The van der Waals surface area contributed by atoms with Crippen molar-refractivity contribution in [2.45, 2.75) is 0 Å². The van der Waals surface area contributed by atoms with E-state index in [2.05, 4.69) is 17.1 Å². The molecule has 2 aromatic rings. The summed E-state index contributed by atoms with van der Waals surface area (Å²) < 4.78 is 10.7. The fourth-order valence-corrected chi connectivity index (χ4v) is 2.43. The van der Waals surface area contributed by atoms with Crippen LogP contribution < -0.4 is 14.9 Å². The standard InChI is InChI=1S/C18H16Cl2N2O3/c1-3-8-25-16-7-4-12(9-17(16)24-2)11-21-22-18(23)14-6-5-13(19)10-15(14)20/h3-7,9-11H,1,8H2,2H3,(H,22,23). The van der Waals surface area contributed by atoms with Crippen molar-refractivity contribution >= 4 is 35.3 Å². The van der Waals surface area contributed by atoms with E-state index in [4.69, 9.17) is 32.7 Å². The van der Waals surface area contributed by atoms with Crippen molar-refractivity contribution < 1.29 is 14.3 Å². The third-order valence-electron chi connectivity index (χ3n) is 3.10. The molecular formula is C18H16Cl2N2O3. The van der Waals surface area contributed by atoms with Crippen LogP contribution >= 0.6 is 23.2 Å². The Balaban J connectivity index is 2.06. The van der Waals surface area contributed by atoms with Crippen LogP contribution in [0.25, 0.3) is 0 Å². The van der Waals surface area contributed by atoms with Crippen LogP contribution in [0.4, 0.5) is 0 Å².